The van der Waals surface area contributed by atoms with Gasteiger partial charge in [0.15, 0.2) is 0 Å². The quantitative estimate of drug-likeness (QED) is 0.471. The smallest absolute Gasteiger partial charge is 0.334 e. The number of benzene rings is 1. The maximum atomic E-state index is 12.0. The zero-order valence-corrected chi connectivity index (χ0v) is 11.9. The number of hydrogen-bond donors (Lipinski definition) is 0. The number of esters is 1. The zero-order chi connectivity index (χ0) is 14.5. The van der Waals surface area contributed by atoms with E-state index in [1.54, 1.807) is 18.2 Å². The molecule has 3 nitrogen and oxygen atoms in total. The van der Waals surface area contributed by atoms with E-state index in [2.05, 4.69) is 0 Å². The summed E-state index contributed by atoms with van der Waals surface area (Å²) in [6.07, 6.45) is 3.19. The van der Waals surface area contributed by atoms with E-state index in [0.717, 1.165) is 11.8 Å². The summed E-state index contributed by atoms with van der Waals surface area (Å²) in [7, 11) is 0. The van der Waals surface area contributed by atoms with Crippen molar-refractivity contribution < 1.29 is 14.3 Å². The van der Waals surface area contributed by atoms with Crippen LogP contribution in [0.15, 0.2) is 29.8 Å². The molecule has 1 aromatic rings. The Kier molecular flexibility index (Phi) is 5.04. The molecule has 0 fully saturated rings. The maximum Gasteiger partial charge on any atom is 0.334 e. The molecule has 0 bridgehead atoms. The van der Waals surface area contributed by atoms with Gasteiger partial charge in [-0.1, -0.05) is 31.2 Å². The molecule has 0 radical (unpaired) electrons. The number of carbonyl (C=O) groups excluding carboxylic acids is 2. The predicted octanol–water partition coefficient (Wildman–Crippen LogP) is 3.63. The van der Waals surface area contributed by atoms with Crippen molar-refractivity contribution in [3.05, 3.63) is 41.0 Å². The van der Waals surface area contributed by atoms with Crippen LogP contribution in [0, 0.1) is 0 Å². The molecule has 1 aromatic carbocycles. The predicted molar refractivity (Wildman–Crippen MR) is 75.9 cm³/mol. The first-order valence-corrected chi connectivity index (χ1v) is 6.35. The lowest BCUT2D eigenvalue weighted by molar-refractivity contribution is -0.149. The van der Waals surface area contributed by atoms with Crippen LogP contribution in [0.25, 0.3) is 6.08 Å². The minimum Gasteiger partial charge on any atom is -0.457 e. The fourth-order valence-electron chi connectivity index (χ4n) is 1.52. The Hall–Kier alpha value is -1.90. The standard InChI is InChI=1S/C16H20O3/c1-5-14(15(18)19-16(2,3)4)10-12-6-8-13(11-17)9-7-12/h6-11H,5H2,1-4H3/b14-10+. The molecule has 0 aliphatic rings. The second-order valence-corrected chi connectivity index (χ2v) is 5.31. The van der Waals surface area contributed by atoms with Crippen LogP contribution in [0.3, 0.4) is 0 Å². The van der Waals surface area contributed by atoms with Crippen LogP contribution < -0.4 is 0 Å². The minimum atomic E-state index is -0.493. The molecule has 0 N–H and O–H groups in total. The number of carbonyl (C=O) groups is 2. The molecule has 0 aliphatic heterocycles. The fraction of sp³-hybridized carbons (Fsp3) is 0.375. The van der Waals surface area contributed by atoms with E-state index in [9.17, 15) is 9.59 Å². The average Bonchev–Trinajstić information content (AvgIpc) is 2.34. The van der Waals surface area contributed by atoms with Gasteiger partial charge in [-0.3, -0.25) is 4.79 Å². The summed E-state index contributed by atoms with van der Waals surface area (Å²) in [6, 6.07) is 7.07. The van der Waals surface area contributed by atoms with Gasteiger partial charge in [-0.15, -0.1) is 0 Å². The molecule has 0 saturated heterocycles. The molecule has 0 aromatic heterocycles. The van der Waals surface area contributed by atoms with Crippen molar-refractivity contribution >= 4 is 18.3 Å². The normalized spacial score (nSPS) is 12.1. The molecule has 0 heterocycles. The van der Waals surface area contributed by atoms with Crippen molar-refractivity contribution in [2.75, 3.05) is 0 Å². The molecular weight excluding hydrogens is 240 g/mol. The van der Waals surface area contributed by atoms with Gasteiger partial charge in [-0.05, 0) is 38.8 Å². The van der Waals surface area contributed by atoms with Gasteiger partial charge in [-0.2, -0.15) is 0 Å². The van der Waals surface area contributed by atoms with Crippen molar-refractivity contribution in [2.45, 2.75) is 39.7 Å². The highest BCUT2D eigenvalue weighted by Crippen LogP contribution is 2.16. The van der Waals surface area contributed by atoms with Gasteiger partial charge in [0.1, 0.15) is 11.9 Å². The van der Waals surface area contributed by atoms with E-state index < -0.39 is 5.60 Å². The van der Waals surface area contributed by atoms with Crippen LogP contribution in [0.4, 0.5) is 0 Å². The summed E-state index contributed by atoms with van der Waals surface area (Å²) in [5.41, 5.74) is 1.63. The summed E-state index contributed by atoms with van der Waals surface area (Å²) >= 11 is 0. The lowest BCUT2D eigenvalue weighted by Gasteiger charge is -2.20. The third-order valence-corrected chi connectivity index (χ3v) is 2.46. The molecule has 3 heteroatoms. The molecule has 0 amide bonds. The monoisotopic (exact) mass is 260 g/mol. The Bertz CT molecular complexity index is 476. The Morgan fingerprint density at radius 1 is 1.16 bits per heavy atom. The van der Waals surface area contributed by atoms with Crippen molar-refractivity contribution in [2.24, 2.45) is 0 Å². The molecule has 19 heavy (non-hydrogen) atoms. The van der Waals surface area contributed by atoms with Crippen LogP contribution in [0.1, 0.15) is 50.0 Å². The highest BCUT2D eigenvalue weighted by atomic mass is 16.6. The van der Waals surface area contributed by atoms with Crippen molar-refractivity contribution in [3.8, 4) is 0 Å². The van der Waals surface area contributed by atoms with E-state index in [4.69, 9.17) is 4.74 Å². The van der Waals surface area contributed by atoms with E-state index in [1.807, 2.05) is 39.8 Å². The Morgan fingerprint density at radius 3 is 2.11 bits per heavy atom. The first-order chi connectivity index (χ1) is 8.85. The summed E-state index contributed by atoms with van der Waals surface area (Å²) in [6.45, 7) is 7.45. The summed E-state index contributed by atoms with van der Waals surface area (Å²) in [5.74, 6) is -0.297. The molecule has 0 saturated carbocycles. The minimum absolute atomic E-state index is 0.297. The largest absolute Gasteiger partial charge is 0.457 e. The number of ether oxygens (including phenoxy) is 1. The molecule has 0 spiro atoms. The Labute approximate surface area is 114 Å². The van der Waals surface area contributed by atoms with E-state index in [-0.39, 0.29) is 5.97 Å². The first kappa shape index (κ1) is 15.2. The average molecular weight is 260 g/mol. The summed E-state index contributed by atoms with van der Waals surface area (Å²) < 4.78 is 5.34. The van der Waals surface area contributed by atoms with E-state index >= 15 is 0 Å². The number of aldehydes is 1. The second kappa shape index (κ2) is 6.32. The lowest BCUT2D eigenvalue weighted by atomic mass is 10.1. The van der Waals surface area contributed by atoms with Gasteiger partial charge < -0.3 is 4.74 Å². The van der Waals surface area contributed by atoms with Crippen molar-refractivity contribution in [1.29, 1.82) is 0 Å². The zero-order valence-electron chi connectivity index (χ0n) is 11.9. The van der Waals surface area contributed by atoms with Crippen LogP contribution in [-0.4, -0.2) is 17.9 Å². The lowest BCUT2D eigenvalue weighted by Crippen LogP contribution is -2.24. The fourth-order valence-corrected chi connectivity index (χ4v) is 1.52. The topological polar surface area (TPSA) is 43.4 Å². The third kappa shape index (κ3) is 5.08. The third-order valence-electron chi connectivity index (χ3n) is 2.46. The molecule has 0 aliphatic carbocycles. The molecular formula is C16H20O3. The maximum absolute atomic E-state index is 12.0. The van der Waals surface area contributed by atoms with Gasteiger partial charge in [-0.25, -0.2) is 4.79 Å². The van der Waals surface area contributed by atoms with Crippen molar-refractivity contribution in [3.63, 3.8) is 0 Å². The van der Waals surface area contributed by atoms with Crippen LogP contribution in [-0.2, 0) is 9.53 Å². The second-order valence-electron chi connectivity index (χ2n) is 5.31. The van der Waals surface area contributed by atoms with E-state index in [0.29, 0.717) is 17.6 Å². The number of hydrogen-bond acceptors (Lipinski definition) is 3. The molecule has 0 atom stereocenters. The number of rotatable bonds is 4. The highest BCUT2D eigenvalue weighted by molar-refractivity contribution is 5.93. The first-order valence-electron chi connectivity index (χ1n) is 6.35. The van der Waals surface area contributed by atoms with Crippen LogP contribution in [0.5, 0.6) is 0 Å². The van der Waals surface area contributed by atoms with Gasteiger partial charge in [0.25, 0.3) is 0 Å². The van der Waals surface area contributed by atoms with Crippen molar-refractivity contribution in [1.82, 2.24) is 0 Å². The molecule has 102 valence electrons. The van der Waals surface area contributed by atoms with Gasteiger partial charge in [0.2, 0.25) is 0 Å². The highest BCUT2D eigenvalue weighted by Gasteiger charge is 2.18. The van der Waals surface area contributed by atoms with Gasteiger partial charge >= 0.3 is 5.97 Å². The van der Waals surface area contributed by atoms with E-state index in [1.165, 1.54) is 0 Å². The summed E-state index contributed by atoms with van der Waals surface area (Å²) in [5, 5.41) is 0. The molecule has 0 unspecified atom stereocenters. The van der Waals surface area contributed by atoms with Crippen LogP contribution >= 0.6 is 0 Å². The summed E-state index contributed by atoms with van der Waals surface area (Å²) in [4.78, 5) is 22.5. The Balaban J connectivity index is 2.91. The molecule has 1 rings (SSSR count). The SMILES string of the molecule is CC/C(=C\c1ccc(C=O)cc1)C(=O)OC(C)(C)C. The van der Waals surface area contributed by atoms with Crippen LogP contribution in [0.2, 0.25) is 0 Å². The Morgan fingerprint density at radius 2 is 1.68 bits per heavy atom. The van der Waals surface area contributed by atoms with Gasteiger partial charge in [0, 0.05) is 11.1 Å². The van der Waals surface area contributed by atoms with Gasteiger partial charge in [0.05, 0.1) is 0 Å².